The molecule has 0 aliphatic heterocycles. The predicted molar refractivity (Wildman–Crippen MR) is 144 cm³/mol. The number of methoxy groups -OCH3 is 1. The second-order valence-electron chi connectivity index (χ2n) is 9.16. The fraction of sp³-hybridized carbons (Fsp3) is 0.448. The second-order valence-corrected chi connectivity index (χ2v) is 22.2. The fourth-order valence-electron chi connectivity index (χ4n) is 4.70. The summed E-state index contributed by atoms with van der Waals surface area (Å²) in [6, 6.07) is 19.1. The van der Waals surface area contributed by atoms with E-state index in [0.717, 1.165) is 28.3 Å². The van der Waals surface area contributed by atoms with Crippen LogP contribution < -0.4 is 8.45 Å². The normalized spacial score (nSPS) is 11.5. The molecule has 1 aromatic carbocycles. The summed E-state index contributed by atoms with van der Waals surface area (Å²) in [6.45, 7) is 6.98. The number of hydrogen-bond acceptors (Lipinski definition) is 3. The molecule has 4 heteroatoms. The molecule has 0 saturated carbocycles. The first kappa shape index (κ1) is 25.7. The van der Waals surface area contributed by atoms with E-state index < -0.39 is 18.4 Å². The van der Waals surface area contributed by atoms with Gasteiger partial charge in [-0.3, -0.25) is 0 Å². The van der Waals surface area contributed by atoms with Crippen LogP contribution in [0.5, 0.6) is 5.75 Å². The Hall–Kier alpha value is -1.88. The van der Waals surface area contributed by atoms with Gasteiger partial charge in [-0.1, -0.05) is 0 Å². The first-order chi connectivity index (χ1) is 16.2. The Kier molecular flexibility index (Phi) is 10.2. The van der Waals surface area contributed by atoms with Crippen LogP contribution in [0.25, 0.3) is 22.5 Å². The molecule has 0 fully saturated rings. The summed E-state index contributed by atoms with van der Waals surface area (Å²) < 4.78 is 11.1. The Morgan fingerprint density at radius 2 is 1.39 bits per heavy atom. The maximum atomic E-state index is 5.37. The number of aromatic nitrogens is 2. The molecule has 0 aliphatic carbocycles. The third kappa shape index (κ3) is 6.81. The first-order valence-electron chi connectivity index (χ1n) is 12.7. The Labute approximate surface area is 204 Å². The minimum absolute atomic E-state index is 0.862. The zero-order chi connectivity index (χ0) is 23.5. The van der Waals surface area contributed by atoms with Gasteiger partial charge in [0.25, 0.3) is 0 Å². The van der Waals surface area contributed by atoms with E-state index >= 15 is 0 Å². The van der Waals surface area contributed by atoms with Crippen LogP contribution in [0.3, 0.4) is 0 Å². The number of hydrogen-bond donors (Lipinski definition) is 0. The van der Waals surface area contributed by atoms with Crippen LogP contribution in [0.4, 0.5) is 0 Å². The number of nitrogens with zero attached hydrogens (tertiary/aromatic N) is 2. The molecule has 3 rings (SSSR count). The van der Waals surface area contributed by atoms with Crippen molar-refractivity contribution in [2.75, 3.05) is 7.11 Å². The van der Waals surface area contributed by atoms with E-state index in [1.807, 2.05) is 24.4 Å². The van der Waals surface area contributed by atoms with Gasteiger partial charge in [0, 0.05) is 0 Å². The van der Waals surface area contributed by atoms with Gasteiger partial charge in [-0.15, -0.1) is 0 Å². The molecule has 3 nitrogen and oxygen atoms in total. The second kappa shape index (κ2) is 13.1. The molecule has 0 bridgehead atoms. The van der Waals surface area contributed by atoms with Crippen LogP contribution in [-0.4, -0.2) is 35.5 Å². The minimum atomic E-state index is -2.55. The number of benzene rings is 1. The summed E-state index contributed by atoms with van der Waals surface area (Å²) in [6.07, 6.45) is 9.85. The van der Waals surface area contributed by atoms with Gasteiger partial charge in [0.1, 0.15) is 0 Å². The van der Waals surface area contributed by atoms with Gasteiger partial charge in [-0.05, 0) is 0 Å². The summed E-state index contributed by atoms with van der Waals surface area (Å²) in [5.74, 6) is 0.862. The van der Waals surface area contributed by atoms with Gasteiger partial charge < -0.3 is 0 Å². The van der Waals surface area contributed by atoms with Crippen molar-refractivity contribution in [3.8, 4) is 28.3 Å². The molecule has 2 aromatic heterocycles. The summed E-state index contributed by atoms with van der Waals surface area (Å²) in [4.78, 5) is 10.1. The van der Waals surface area contributed by atoms with Crippen LogP contribution in [0.2, 0.25) is 13.3 Å². The van der Waals surface area contributed by atoms with Crippen molar-refractivity contribution in [3.05, 3.63) is 60.8 Å². The van der Waals surface area contributed by atoms with Crippen molar-refractivity contribution >= 4 is 22.1 Å². The Morgan fingerprint density at radius 3 is 1.97 bits per heavy atom. The van der Waals surface area contributed by atoms with E-state index in [0.29, 0.717) is 0 Å². The molecule has 0 N–H and O–H groups in total. The van der Waals surface area contributed by atoms with E-state index in [1.54, 1.807) is 7.11 Å². The summed E-state index contributed by atoms with van der Waals surface area (Å²) in [5.41, 5.74) is 4.20. The third-order valence-corrected chi connectivity index (χ3v) is 21.9. The van der Waals surface area contributed by atoms with Crippen LogP contribution in [0.15, 0.2) is 60.8 Å². The third-order valence-electron chi connectivity index (χ3n) is 6.75. The van der Waals surface area contributed by atoms with E-state index in [2.05, 4.69) is 57.2 Å². The summed E-state index contributed by atoms with van der Waals surface area (Å²) >= 11 is -2.55. The Bertz CT molecular complexity index is 965. The van der Waals surface area contributed by atoms with Gasteiger partial charge >= 0.3 is 206 Å². The van der Waals surface area contributed by atoms with Gasteiger partial charge in [0.2, 0.25) is 0 Å². The topological polar surface area (TPSA) is 35.0 Å². The molecule has 3 aromatic rings. The SMILES string of the molecule is CCC[CH2][Sn]([CH2]CCC)([CH2]CCC)[c]1cccc(-c2ccc(-c3cccc(OC)c3)cn2)n1. The number of rotatable bonds is 13. The van der Waals surface area contributed by atoms with Crippen LogP contribution in [-0.2, 0) is 0 Å². The molecular formula is C29H40N2OSn. The van der Waals surface area contributed by atoms with E-state index in [9.17, 15) is 0 Å². The van der Waals surface area contributed by atoms with Crippen molar-refractivity contribution in [3.63, 3.8) is 0 Å². The number of ether oxygens (including phenoxy) is 1. The molecule has 2 heterocycles. The zero-order valence-corrected chi connectivity index (χ0v) is 23.8. The average molecular weight is 551 g/mol. The van der Waals surface area contributed by atoms with Crippen molar-refractivity contribution in [2.45, 2.75) is 72.6 Å². The molecule has 0 saturated heterocycles. The maximum absolute atomic E-state index is 5.37. The van der Waals surface area contributed by atoms with Crippen LogP contribution in [0.1, 0.15) is 59.3 Å². The standard InChI is InChI=1S/C17H13N2O.3C4H9.Sn/c1-20-15-6-4-5-13(11-15)14-8-9-17(19-12-14)16-7-2-3-10-18-16;3*1-3-4-2;/h2-9,11-12H,1H3;3*1,3-4H2,2H3;. The Balaban J connectivity index is 1.92. The fourth-order valence-corrected chi connectivity index (χ4v) is 20.2. The molecule has 0 amide bonds. The quantitative estimate of drug-likeness (QED) is 0.203. The first-order valence-corrected chi connectivity index (χ1v) is 20.2. The van der Waals surface area contributed by atoms with E-state index in [4.69, 9.17) is 14.7 Å². The molecule has 0 unspecified atom stereocenters. The molecular weight excluding hydrogens is 511 g/mol. The van der Waals surface area contributed by atoms with Gasteiger partial charge in [0.05, 0.1) is 0 Å². The number of unbranched alkanes of at least 4 members (excludes halogenated alkanes) is 3. The van der Waals surface area contributed by atoms with Crippen molar-refractivity contribution in [1.29, 1.82) is 0 Å². The van der Waals surface area contributed by atoms with Crippen LogP contribution in [0, 0.1) is 0 Å². The molecule has 0 spiro atoms. The predicted octanol–water partition coefficient (Wildman–Crippen LogP) is 7.88. The monoisotopic (exact) mass is 552 g/mol. The average Bonchev–Trinajstić information content (AvgIpc) is 2.88. The van der Waals surface area contributed by atoms with E-state index in [1.165, 1.54) is 55.5 Å². The summed E-state index contributed by atoms with van der Waals surface area (Å²) in [7, 11) is 1.70. The van der Waals surface area contributed by atoms with E-state index in [-0.39, 0.29) is 0 Å². The van der Waals surface area contributed by atoms with Gasteiger partial charge in [-0.25, -0.2) is 0 Å². The number of pyridine rings is 2. The molecule has 0 radical (unpaired) electrons. The van der Waals surface area contributed by atoms with Gasteiger partial charge in [0.15, 0.2) is 0 Å². The summed E-state index contributed by atoms with van der Waals surface area (Å²) in [5, 5.41) is 0. The van der Waals surface area contributed by atoms with Crippen LogP contribution >= 0.6 is 0 Å². The van der Waals surface area contributed by atoms with Crippen molar-refractivity contribution < 1.29 is 4.74 Å². The van der Waals surface area contributed by atoms with Gasteiger partial charge in [-0.2, -0.15) is 0 Å². The molecule has 176 valence electrons. The molecule has 0 aliphatic rings. The van der Waals surface area contributed by atoms with Crippen molar-refractivity contribution in [2.24, 2.45) is 0 Å². The zero-order valence-electron chi connectivity index (χ0n) is 20.9. The molecule has 0 atom stereocenters. The van der Waals surface area contributed by atoms with Crippen molar-refractivity contribution in [1.82, 2.24) is 9.97 Å². The Morgan fingerprint density at radius 1 is 0.727 bits per heavy atom. The molecule has 33 heavy (non-hydrogen) atoms.